The molecule has 1 aliphatic heterocycles. The van der Waals surface area contributed by atoms with Crippen LogP contribution >= 0.6 is 0 Å². The molecule has 3 heteroatoms. The van der Waals surface area contributed by atoms with Crippen LogP contribution < -0.4 is 5.32 Å². The predicted octanol–water partition coefficient (Wildman–Crippen LogP) is 2.17. The average molecular weight is 222 g/mol. The molecule has 3 nitrogen and oxygen atoms in total. The van der Waals surface area contributed by atoms with Crippen molar-refractivity contribution < 1.29 is 4.74 Å². The zero-order chi connectivity index (χ0) is 11.4. The second-order valence-corrected chi connectivity index (χ2v) is 4.63. The van der Waals surface area contributed by atoms with Gasteiger partial charge in [-0.2, -0.15) is 0 Å². The maximum atomic E-state index is 5.54. The first-order valence-electron chi connectivity index (χ1n) is 6.27. The fourth-order valence-electron chi connectivity index (χ4n) is 2.24. The molecule has 16 heavy (non-hydrogen) atoms. The monoisotopic (exact) mass is 222 g/mol. The largest absolute Gasteiger partial charge is 0.378 e. The van der Waals surface area contributed by atoms with Gasteiger partial charge < -0.3 is 14.6 Å². The van der Waals surface area contributed by atoms with Crippen LogP contribution in [0.1, 0.15) is 32.3 Å². The molecular formula is C13H22N2O. The van der Waals surface area contributed by atoms with E-state index in [2.05, 4.69) is 42.2 Å². The van der Waals surface area contributed by atoms with Gasteiger partial charge in [0.05, 0.1) is 6.10 Å². The summed E-state index contributed by atoms with van der Waals surface area (Å²) in [5, 5.41) is 3.61. The Morgan fingerprint density at radius 3 is 3.12 bits per heavy atom. The van der Waals surface area contributed by atoms with Gasteiger partial charge in [0.25, 0.3) is 0 Å². The molecule has 0 aromatic carbocycles. The third-order valence-corrected chi connectivity index (χ3v) is 3.26. The third kappa shape index (κ3) is 3.09. The van der Waals surface area contributed by atoms with Gasteiger partial charge in [-0.15, -0.1) is 0 Å². The lowest BCUT2D eigenvalue weighted by Gasteiger charge is -2.27. The number of nitrogens with zero attached hydrogens (tertiary/aromatic N) is 1. The van der Waals surface area contributed by atoms with E-state index in [1.165, 1.54) is 5.56 Å². The van der Waals surface area contributed by atoms with Gasteiger partial charge in [-0.05, 0) is 38.3 Å². The standard InChI is InChI=1S/C13H22N2O/c1-3-15-6-4-12(10-15)9-14-13-5-7-16-11(2)8-13/h4,6,10-11,13-14H,3,5,7-9H2,1-2H3. The highest BCUT2D eigenvalue weighted by atomic mass is 16.5. The summed E-state index contributed by atoms with van der Waals surface area (Å²) in [6.45, 7) is 7.24. The lowest BCUT2D eigenvalue weighted by molar-refractivity contribution is 0.0130. The van der Waals surface area contributed by atoms with E-state index in [1.807, 2.05) is 0 Å². The van der Waals surface area contributed by atoms with E-state index in [4.69, 9.17) is 4.74 Å². The van der Waals surface area contributed by atoms with Crippen molar-refractivity contribution in [3.05, 3.63) is 24.0 Å². The molecule has 1 aliphatic rings. The van der Waals surface area contributed by atoms with E-state index < -0.39 is 0 Å². The molecule has 0 aliphatic carbocycles. The average Bonchev–Trinajstić information content (AvgIpc) is 2.74. The summed E-state index contributed by atoms with van der Waals surface area (Å²) in [5.41, 5.74) is 1.38. The predicted molar refractivity (Wildman–Crippen MR) is 65.4 cm³/mol. The van der Waals surface area contributed by atoms with Gasteiger partial charge in [-0.25, -0.2) is 0 Å². The summed E-state index contributed by atoms with van der Waals surface area (Å²) in [6.07, 6.45) is 7.04. The highest BCUT2D eigenvalue weighted by Crippen LogP contribution is 2.13. The maximum absolute atomic E-state index is 5.54. The molecule has 90 valence electrons. The third-order valence-electron chi connectivity index (χ3n) is 3.26. The van der Waals surface area contributed by atoms with Crippen LogP contribution in [0.3, 0.4) is 0 Å². The Kier molecular flexibility index (Phi) is 4.02. The minimum Gasteiger partial charge on any atom is -0.378 e. The van der Waals surface area contributed by atoms with Crippen LogP contribution in [0, 0.1) is 0 Å². The molecule has 0 saturated carbocycles. The summed E-state index contributed by atoms with van der Waals surface area (Å²) in [5.74, 6) is 0. The molecule has 2 unspecified atom stereocenters. The van der Waals surface area contributed by atoms with Crippen LogP contribution in [-0.2, 0) is 17.8 Å². The van der Waals surface area contributed by atoms with E-state index in [9.17, 15) is 0 Å². The minimum absolute atomic E-state index is 0.409. The quantitative estimate of drug-likeness (QED) is 0.845. The van der Waals surface area contributed by atoms with Gasteiger partial charge in [0.15, 0.2) is 0 Å². The number of nitrogens with one attached hydrogen (secondary N) is 1. The van der Waals surface area contributed by atoms with Crippen LogP contribution in [-0.4, -0.2) is 23.3 Å². The molecule has 0 spiro atoms. The fraction of sp³-hybridized carbons (Fsp3) is 0.692. The van der Waals surface area contributed by atoms with Crippen LogP contribution in [0.25, 0.3) is 0 Å². The molecule has 0 radical (unpaired) electrons. The number of hydrogen-bond acceptors (Lipinski definition) is 2. The van der Waals surface area contributed by atoms with Gasteiger partial charge in [0.2, 0.25) is 0 Å². The Morgan fingerprint density at radius 2 is 2.44 bits per heavy atom. The highest BCUT2D eigenvalue weighted by Gasteiger charge is 2.18. The van der Waals surface area contributed by atoms with E-state index in [-0.39, 0.29) is 0 Å². The molecule has 2 heterocycles. The molecule has 1 saturated heterocycles. The number of aryl methyl sites for hydroxylation is 1. The van der Waals surface area contributed by atoms with E-state index in [0.717, 1.165) is 32.5 Å². The van der Waals surface area contributed by atoms with Crippen molar-refractivity contribution in [3.8, 4) is 0 Å². The van der Waals surface area contributed by atoms with Gasteiger partial charge in [-0.1, -0.05) is 0 Å². The van der Waals surface area contributed by atoms with Crippen molar-refractivity contribution in [2.75, 3.05) is 6.61 Å². The van der Waals surface area contributed by atoms with Crippen LogP contribution in [0.2, 0.25) is 0 Å². The smallest absolute Gasteiger partial charge is 0.0561 e. The second kappa shape index (κ2) is 5.51. The number of aromatic nitrogens is 1. The topological polar surface area (TPSA) is 26.2 Å². The number of ether oxygens (including phenoxy) is 1. The van der Waals surface area contributed by atoms with Gasteiger partial charge in [0.1, 0.15) is 0 Å². The minimum atomic E-state index is 0.409. The van der Waals surface area contributed by atoms with Crippen LogP contribution in [0.15, 0.2) is 18.5 Å². The highest BCUT2D eigenvalue weighted by molar-refractivity contribution is 5.10. The lowest BCUT2D eigenvalue weighted by atomic mass is 10.0. The Labute approximate surface area is 97.8 Å². The number of rotatable bonds is 4. The maximum Gasteiger partial charge on any atom is 0.0561 e. The molecule has 0 bridgehead atoms. The Bertz CT molecular complexity index is 321. The summed E-state index contributed by atoms with van der Waals surface area (Å²) in [4.78, 5) is 0. The molecular weight excluding hydrogens is 200 g/mol. The Morgan fingerprint density at radius 1 is 1.56 bits per heavy atom. The summed E-state index contributed by atoms with van der Waals surface area (Å²) < 4.78 is 7.75. The van der Waals surface area contributed by atoms with Crippen molar-refractivity contribution in [1.82, 2.24) is 9.88 Å². The molecule has 1 N–H and O–H groups in total. The Balaban J connectivity index is 1.78. The summed E-state index contributed by atoms with van der Waals surface area (Å²) >= 11 is 0. The van der Waals surface area contributed by atoms with Gasteiger partial charge in [-0.3, -0.25) is 0 Å². The first-order valence-corrected chi connectivity index (χ1v) is 6.27. The van der Waals surface area contributed by atoms with Crippen molar-refractivity contribution in [2.24, 2.45) is 0 Å². The van der Waals surface area contributed by atoms with Crippen molar-refractivity contribution >= 4 is 0 Å². The lowest BCUT2D eigenvalue weighted by Crippen LogP contribution is -2.37. The van der Waals surface area contributed by atoms with Crippen molar-refractivity contribution in [1.29, 1.82) is 0 Å². The Hall–Kier alpha value is -0.800. The molecule has 1 aromatic rings. The zero-order valence-corrected chi connectivity index (χ0v) is 10.3. The van der Waals surface area contributed by atoms with E-state index in [1.54, 1.807) is 0 Å². The van der Waals surface area contributed by atoms with Crippen LogP contribution in [0.5, 0.6) is 0 Å². The summed E-state index contributed by atoms with van der Waals surface area (Å²) in [7, 11) is 0. The van der Waals surface area contributed by atoms with Crippen LogP contribution in [0.4, 0.5) is 0 Å². The van der Waals surface area contributed by atoms with Crippen molar-refractivity contribution in [3.63, 3.8) is 0 Å². The molecule has 0 amide bonds. The first kappa shape index (κ1) is 11.7. The first-order chi connectivity index (χ1) is 7.78. The molecule has 2 rings (SSSR count). The molecule has 1 fully saturated rings. The number of hydrogen-bond donors (Lipinski definition) is 1. The molecule has 1 aromatic heterocycles. The molecule has 2 atom stereocenters. The van der Waals surface area contributed by atoms with E-state index >= 15 is 0 Å². The van der Waals surface area contributed by atoms with E-state index in [0.29, 0.717) is 12.1 Å². The SMILES string of the molecule is CCn1ccc(CNC2CCOC(C)C2)c1. The summed E-state index contributed by atoms with van der Waals surface area (Å²) in [6, 6.07) is 2.81. The fourth-order valence-corrected chi connectivity index (χ4v) is 2.24. The second-order valence-electron chi connectivity index (χ2n) is 4.63. The van der Waals surface area contributed by atoms with Crippen molar-refractivity contribution in [2.45, 2.75) is 51.9 Å². The normalized spacial score (nSPS) is 25.9. The zero-order valence-electron chi connectivity index (χ0n) is 10.3. The van der Waals surface area contributed by atoms with Gasteiger partial charge >= 0.3 is 0 Å². The van der Waals surface area contributed by atoms with Gasteiger partial charge in [0, 0.05) is 38.1 Å².